The minimum atomic E-state index is 0.173. The van der Waals surface area contributed by atoms with Crippen LogP contribution in [-0.2, 0) is 4.74 Å². The van der Waals surface area contributed by atoms with E-state index in [1.165, 1.54) is 38.8 Å². The van der Waals surface area contributed by atoms with E-state index in [2.05, 4.69) is 18.7 Å². The minimum absolute atomic E-state index is 0.173. The van der Waals surface area contributed by atoms with Crippen molar-refractivity contribution in [2.24, 2.45) is 17.1 Å². The fourth-order valence-electron chi connectivity index (χ4n) is 3.19. The maximum absolute atomic E-state index is 6.17. The van der Waals surface area contributed by atoms with Gasteiger partial charge in [0.15, 0.2) is 0 Å². The van der Waals surface area contributed by atoms with Crippen LogP contribution in [0.15, 0.2) is 0 Å². The number of nitrogens with two attached hydrogens (primary N) is 1. The van der Waals surface area contributed by atoms with Crippen molar-refractivity contribution in [3.63, 3.8) is 0 Å². The number of likely N-dealkylation sites (tertiary alicyclic amines) is 1. The monoisotopic (exact) mass is 240 g/mol. The first-order valence-electron chi connectivity index (χ1n) is 7.20. The molecule has 3 atom stereocenters. The van der Waals surface area contributed by atoms with Gasteiger partial charge in [-0.25, -0.2) is 0 Å². The SMILES string of the molecule is CCC1CCCN(CC2(C)COCC2N)CC1. The molecule has 0 aromatic rings. The molecule has 100 valence electrons. The van der Waals surface area contributed by atoms with Crippen LogP contribution in [0.3, 0.4) is 0 Å². The molecule has 2 N–H and O–H groups in total. The first-order valence-corrected chi connectivity index (χ1v) is 7.20. The van der Waals surface area contributed by atoms with Gasteiger partial charge in [0.1, 0.15) is 0 Å². The van der Waals surface area contributed by atoms with E-state index in [0.717, 1.165) is 25.7 Å². The molecule has 2 aliphatic rings. The molecule has 2 fully saturated rings. The Bertz CT molecular complexity index is 246. The molecule has 0 amide bonds. The third kappa shape index (κ3) is 3.21. The number of rotatable bonds is 3. The fraction of sp³-hybridized carbons (Fsp3) is 1.00. The molecule has 2 aliphatic heterocycles. The molecule has 0 aliphatic carbocycles. The first kappa shape index (κ1) is 13.3. The second kappa shape index (κ2) is 5.68. The second-order valence-electron chi connectivity index (χ2n) is 6.26. The summed E-state index contributed by atoms with van der Waals surface area (Å²) in [5.74, 6) is 0.946. The summed E-state index contributed by atoms with van der Waals surface area (Å²) in [7, 11) is 0. The van der Waals surface area contributed by atoms with Crippen molar-refractivity contribution >= 4 is 0 Å². The average Bonchev–Trinajstić information content (AvgIpc) is 2.54. The van der Waals surface area contributed by atoms with Gasteiger partial charge in [-0.3, -0.25) is 0 Å². The van der Waals surface area contributed by atoms with Gasteiger partial charge in [0.05, 0.1) is 13.2 Å². The lowest BCUT2D eigenvalue weighted by Gasteiger charge is -2.33. The Labute approximate surface area is 106 Å². The molecule has 0 spiro atoms. The highest BCUT2D eigenvalue weighted by molar-refractivity contribution is 4.92. The second-order valence-corrected chi connectivity index (χ2v) is 6.26. The Morgan fingerprint density at radius 2 is 2.18 bits per heavy atom. The largest absolute Gasteiger partial charge is 0.379 e. The number of hydrogen-bond acceptors (Lipinski definition) is 3. The molecule has 2 rings (SSSR count). The molecular formula is C14H28N2O. The van der Waals surface area contributed by atoms with Gasteiger partial charge >= 0.3 is 0 Å². The van der Waals surface area contributed by atoms with Gasteiger partial charge in [-0.1, -0.05) is 20.3 Å². The maximum Gasteiger partial charge on any atom is 0.0624 e. The van der Waals surface area contributed by atoms with Gasteiger partial charge in [-0.2, -0.15) is 0 Å². The van der Waals surface area contributed by atoms with E-state index in [0.29, 0.717) is 0 Å². The quantitative estimate of drug-likeness (QED) is 0.818. The number of ether oxygens (including phenoxy) is 1. The number of nitrogens with zero attached hydrogens (tertiary/aromatic N) is 1. The summed E-state index contributed by atoms with van der Waals surface area (Å²) in [4.78, 5) is 2.62. The minimum Gasteiger partial charge on any atom is -0.379 e. The topological polar surface area (TPSA) is 38.5 Å². The molecule has 0 aromatic carbocycles. The summed E-state index contributed by atoms with van der Waals surface area (Å²) < 4.78 is 5.54. The molecule has 3 unspecified atom stereocenters. The van der Waals surface area contributed by atoms with E-state index in [4.69, 9.17) is 10.5 Å². The lowest BCUT2D eigenvalue weighted by Crippen LogP contribution is -2.47. The molecule has 0 aromatic heterocycles. The maximum atomic E-state index is 6.17. The molecule has 0 bridgehead atoms. The molecule has 17 heavy (non-hydrogen) atoms. The highest BCUT2D eigenvalue weighted by Crippen LogP contribution is 2.30. The Morgan fingerprint density at radius 3 is 2.82 bits per heavy atom. The van der Waals surface area contributed by atoms with Crippen molar-refractivity contribution in [2.75, 3.05) is 32.8 Å². The molecular weight excluding hydrogens is 212 g/mol. The standard InChI is InChI=1S/C14H28N2O/c1-3-12-5-4-7-16(8-6-12)10-14(2)11-17-9-13(14)15/h12-13H,3-11,15H2,1-2H3. The van der Waals surface area contributed by atoms with Crippen LogP contribution in [0.25, 0.3) is 0 Å². The van der Waals surface area contributed by atoms with E-state index in [9.17, 15) is 0 Å². The van der Waals surface area contributed by atoms with Gasteiger partial charge in [0.25, 0.3) is 0 Å². The normalized spacial score (nSPS) is 40.4. The summed E-state index contributed by atoms with van der Waals surface area (Å²) in [6, 6.07) is 0.215. The Kier molecular flexibility index (Phi) is 4.45. The summed E-state index contributed by atoms with van der Waals surface area (Å²) in [6.07, 6.45) is 5.47. The van der Waals surface area contributed by atoms with Crippen molar-refractivity contribution in [1.29, 1.82) is 0 Å². The third-order valence-corrected chi connectivity index (χ3v) is 4.73. The highest BCUT2D eigenvalue weighted by atomic mass is 16.5. The average molecular weight is 240 g/mol. The van der Waals surface area contributed by atoms with E-state index < -0.39 is 0 Å². The summed E-state index contributed by atoms with van der Waals surface area (Å²) in [5.41, 5.74) is 6.34. The highest BCUT2D eigenvalue weighted by Gasteiger charge is 2.39. The lowest BCUT2D eigenvalue weighted by atomic mass is 9.85. The van der Waals surface area contributed by atoms with Crippen LogP contribution in [0.1, 0.15) is 39.5 Å². The van der Waals surface area contributed by atoms with E-state index in [1.54, 1.807) is 0 Å². The Hall–Kier alpha value is -0.120. The summed E-state index contributed by atoms with van der Waals surface area (Å²) >= 11 is 0. The zero-order chi connectivity index (χ0) is 12.3. The molecule has 0 saturated carbocycles. The van der Waals surface area contributed by atoms with Crippen LogP contribution in [0.4, 0.5) is 0 Å². The van der Waals surface area contributed by atoms with Crippen LogP contribution in [0, 0.1) is 11.3 Å². The molecule has 2 saturated heterocycles. The lowest BCUT2D eigenvalue weighted by molar-refractivity contribution is 0.120. The van der Waals surface area contributed by atoms with Crippen molar-refractivity contribution < 1.29 is 4.74 Å². The van der Waals surface area contributed by atoms with Crippen LogP contribution in [-0.4, -0.2) is 43.8 Å². The zero-order valence-corrected chi connectivity index (χ0v) is 11.5. The zero-order valence-electron chi connectivity index (χ0n) is 11.5. The van der Waals surface area contributed by atoms with Gasteiger partial charge in [0.2, 0.25) is 0 Å². The smallest absolute Gasteiger partial charge is 0.0624 e. The Balaban J connectivity index is 1.86. The van der Waals surface area contributed by atoms with E-state index >= 15 is 0 Å². The third-order valence-electron chi connectivity index (χ3n) is 4.73. The van der Waals surface area contributed by atoms with Crippen LogP contribution < -0.4 is 5.73 Å². The first-order chi connectivity index (χ1) is 8.14. The van der Waals surface area contributed by atoms with Crippen LogP contribution in [0.2, 0.25) is 0 Å². The molecule has 3 nitrogen and oxygen atoms in total. The van der Waals surface area contributed by atoms with Crippen molar-refractivity contribution in [2.45, 2.75) is 45.6 Å². The van der Waals surface area contributed by atoms with Gasteiger partial charge in [-0.15, -0.1) is 0 Å². The molecule has 2 heterocycles. The van der Waals surface area contributed by atoms with Gasteiger partial charge in [-0.05, 0) is 38.3 Å². The number of hydrogen-bond donors (Lipinski definition) is 1. The molecule has 0 radical (unpaired) electrons. The van der Waals surface area contributed by atoms with Crippen LogP contribution in [0.5, 0.6) is 0 Å². The van der Waals surface area contributed by atoms with Crippen molar-refractivity contribution in [1.82, 2.24) is 4.90 Å². The fourth-order valence-corrected chi connectivity index (χ4v) is 3.19. The molecule has 3 heteroatoms. The predicted octanol–water partition coefficient (Wildman–Crippen LogP) is 1.86. The summed E-state index contributed by atoms with van der Waals surface area (Å²) in [6.45, 7) is 9.79. The summed E-state index contributed by atoms with van der Waals surface area (Å²) in [5, 5.41) is 0. The van der Waals surface area contributed by atoms with E-state index in [1.807, 2.05) is 0 Å². The Morgan fingerprint density at radius 1 is 1.35 bits per heavy atom. The van der Waals surface area contributed by atoms with Crippen LogP contribution >= 0.6 is 0 Å². The van der Waals surface area contributed by atoms with Gasteiger partial charge in [0, 0.05) is 18.0 Å². The van der Waals surface area contributed by atoms with Crippen molar-refractivity contribution in [3.8, 4) is 0 Å². The predicted molar refractivity (Wildman–Crippen MR) is 71.0 cm³/mol. The van der Waals surface area contributed by atoms with E-state index in [-0.39, 0.29) is 11.5 Å². The van der Waals surface area contributed by atoms with Crippen molar-refractivity contribution in [3.05, 3.63) is 0 Å². The van der Waals surface area contributed by atoms with Gasteiger partial charge < -0.3 is 15.4 Å².